The first kappa shape index (κ1) is 18.6. The number of nitro groups is 1. The third-order valence-corrected chi connectivity index (χ3v) is 5.03. The first-order chi connectivity index (χ1) is 12.5. The van der Waals surface area contributed by atoms with E-state index in [1.807, 2.05) is 4.90 Å². The monoisotopic (exact) mass is 396 g/mol. The molecule has 1 aromatic carbocycles. The van der Waals surface area contributed by atoms with Gasteiger partial charge in [0.15, 0.2) is 0 Å². The van der Waals surface area contributed by atoms with Gasteiger partial charge in [0.1, 0.15) is 6.33 Å². The number of nitrogens with zero attached hydrogens (tertiary/aromatic N) is 5. The second-order valence-corrected chi connectivity index (χ2v) is 6.64. The first-order valence-corrected chi connectivity index (χ1v) is 8.94. The molecule has 0 aliphatic carbocycles. The van der Waals surface area contributed by atoms with Crippen molar-refractivity contribution in [2.75, 3.05) is 42.9 Å². The molecule has 10 heteroatoms. The summed E-state index contributed by atoms with van der Waals surface area (Å²) in [7, 11) is 0. The fraction of sp³-hybridized carbons (Fsp3) is 0.375. The van der Waals surface area contributed by atoms with Gasteiger partial charge in [-0.05, 0) is 24.7 Å². The van der Waals surface area contributed by atoms with E-state index in [0.29, 0.717) is 34.6 Å². The number of hydrogen-bond acceptors (Lipinski definition) is 7. The van der Waals surface area contributed by atoms with Gasteiger partial charge in [0.25, 0.3) is 0 Å². The van der Waals surface area contributed by atoms with Crippen LogP contribution in [0.25, 0.3) is 0 Å². The van der Waals surface area contributed by atoms with Gasteiger partial charge in [-0.3, -0.25) is 10.1 Å². The van der Waals surface area contributed by atoms with Gasteiger partial charge in [0, 0.05) is 31.9 Å². The van der Waals surface area contributed by atoms with Gasteiger partial charge in [0.2, 0.25) is 11.6 Å². The van der Waals surface area contributed by atoms with Gasteiger partial charge >= 0.3 is 5.69 Å². The minimum Gasteiger partial charge on any atom is -0.348 e. The van der Waals surface area contributed by atoms with Crippen molar-refractivity contribution in [3.05, 3.63) is 44.7 Å². The number of aromatic nitrogens is 2. The van der Waals surface area contributed by atoms with Crippen LogP contribution in [-0.4, -0.2) is 52.5 Å². The molecule has 138 valence electrons. The number of hydrogen-bond donors (Lipinski definition) is 1. The zero-order valence-electron chi connectivity index (χ0n) is 14.2. The third-order valence-electron chi connectivity index (χ3n) is 4.29. The molecule has 2 aromatic rings. The molecule has 1 aliphatic rings. The molecule has 1 aromatic heterocycles. The molecule has 0 bridgehead atoms. The van der Waals surface area contributed by atoms with Crippen molar-refractivity contribution in [2.24, 2.45) is 0 Å². The standard InChI is InChI=1S/C16H18Cl2N6O2/c1-2-22-5-7-23(8-6-22)16-14(24(25)26)15(19-10-20-16)21-11-3-4-12(17)13(18)9-11/h3-4,9-10H,2,5-8H2,1H3,(H,19,20,21). The lowest BCUT2D eigenvalue weighted by Crippen LogP contribution is -2.46. The lowest BCUT2D eigenvalue weighted by molar-refractivity contribution is -0.383. The predicted molar refractivity (Wildman–Crippen MR) is 103 cm³/mol. The number of anilines is 3. The SMILES string of the molecule is CCN1CCN(c2ncnc(Nc3ccc(Cl)c(Cl)c3)c2[N+](=O)[O-])CC1. The summed E-state index contributed by atoms with van der Waals surface area (Å²) >= 11 is 11.9. The minimum absolute atomic E-state index is 0.122. The van der Waals surface area contributed by atoms with Crippen LogP contribution in [0.3, 0.4) is 0 Å². The molecule has 1 aliphatic heterocycles. The largest absolute Gasteiger partial charge is 0.353 e. The molecule has 0 unspecified atom stereocenters. The highest BCUT2D eigenvalue weighted by Crippen LogP contribution is 2.35. The molecule has 0 radical (unpaired) electrons. The predicted octanol–water partition coefficient (Wildman–Crippen LogP) is 3.58. The third kappa shape index (κ3) is 3.98. The molecule has 0 spiro atoms. The van der Waals surface area contributed by atoms with Crippen molar-refractivity contribution >= 4 is 46.2 Å². The Balaban J connectivity index is 1.91. The van der Waals surface area contributed by atoms with Crippen LogP contribution in [0.2, 0.25) is 10.0 Å². The second kappa shape index (κ2) is 8.03. The van der Waals surface area contributed by atoms with Crippen LogP contribution in [-0.2, 0) is 0 Å². The van der Waals surface area contributed by atoms with Crippen molar-refractivity contribution in [3.63, 3.8) is 0 Å². The number of halogens is 2. The van der Waals surface area contributed by atoms with Gasteiger partial charge in [-0.1, -0.05) is 30.1 Å². The maximum Gasteiger partial charge on any atom is 0.353 e. The van der Waals surface area contributed by atoms with E-state index < -0.39 is 4.92 Å². The quantitative estimate of drug-likeness (QED) is 0.610. The first-order valence-electron chi connectivity index (χ1n) is 8.18. The molecule has 2 heterocycles. The van der Waals surface area contributed by atoms with Crippen LogP contribution in [0.5, 0.6) is 0 Å². The van der Waals surface area contributed by atoms with E-state index in [0.717, 1.165) is 19.6 Å². The summed E-state index contributed by atoms with van der Waals surface area (Å²) in [6.45, 7) is 6.10. The van der Waals surface area contributed by atoms with E-state index in [2.05, 4.69) is 27.1 Å². The van der Waals surface area contributed by atoms with Crippen LogP contribution in [0.15, 0.2) is 24.5 Å². The average Bonchev–Trinajstić information content (AvgIpc) is 2.64. The zero-order valence-corrected chi connectivity index (χ0v) is 15.7. The van der Waals surface area contributed by atoms with Crippen molar-refractivity contribution in [1.29, 1.82) is 0 Å². The van der Waals surface area contributed by atoms with Gasteiger partial charge in [-0.2, -0.15) is 0 Å². The molecular weight excluding hydrogens is 379 g/mol. The lowest BCUT2D eigenvalue weighted by Gasteiger charge is -2.34. The van der Waals surface area contributed by atoms with E-state index in [9.17, 15) is 10.1 Å². The summed E-state index contributed by atoms with van der Waals surface area (Å²) in [6, 6.07) is 4.89. The fourth-order valence-electron chi connectivity index (χ4n) is 2.85. The maximum atomic E-state index is 11.7. The Kier molecular flexibility index (Phi) is 5.75. The van der Waals surface area contributed by atoms with E-state index in [1.165, 1.54) is 6.33 Å². The highest BCUT2D eigenvalue weighted by molar-refractivity contribution is 6.42. The smallest absolute Gasteiger partial charge is 0.348 e. The summed E-state index contributed by atoms with van der Waals surface area (Å²) < 4.78 is 0. The van der Waals surface area contributed by atoms with Gasteiger partial charge < -0.3 is 15.1 Å². The van der Waals surface area contributed by atoms with Crippen molar-refractivity contribution in [2.45, 2.75) is 6.92 Å². The number of rotatable bonds is 5. The summed E-state index contributed by atoms with van der Waals surface area (Å²) in [5.74, 6) is 0.444. The Hall–Kier alpha value is -2.16. The fourth-order valence-corrected chi connectivity index (χ4v) is 3.15. The average molecular weight is 397 g/mol. The number of likely N-dealkylation sites (N-methyl/N-ethyl adjacent to an activating group) is 1. The van der Waals surface area contributed by atoms with E-state index in [4.69, 9.17) is 23.2 Å². The van der Waals surface area contributed by atoms with E-state index >= 15 is 0 Å². The van der Waals surface area contributed by atoms with Crippen LogP contribution >= 0.6 is 23.2 Å². The summed E-state index contributed by atoms with van der Waals surface area (Å²) in [4.78, 5) is 23.7. The van der Waals surface area contributed by atoms with Crippen molar-refractivity contribution in [3.8, 4) is 0 Å². The Bertz CT molecular complexity index is 811. The van der Waals surface area contributed by atoms with E-state index in [1.54, 1.807) is 18.2 Å². The Morgan fingerprint density at radius 1 is 1.19 bits per heavy atom. The van der Waals surface area contributed by atoms with Crippen LogP contribution in [0.4, 0.5) is 23.0 Å². The summed E-state index contributed by atoms with van der Waals surface area (Å²) in [5, 5.41) is 15.4. The van der Waals surface area contributed by atoms with Crippen LogP contribution in [0.1, 0.15) is 6.92 Å². The number of nitrogens with one attached hydrogen (secondary N) is 1. The molecule has 1 N–H and O–H groups in total. The van der Waals surface area contributed by atoms with Crippen LogP contribution < -0.4 is 10.2 Å². The molecule has 3 rings (SSSR count). The summed E-state index contributed by atoms with van der Waals surface area (Å²) in [6.07, 6.45) is 1.33. The van der Waals surface area contributed by atoms with Gasteiger partial charge in [-0.25, -0.2) is 9.97 Å². The van der Waals surface area contributed by atoms with Gasteiger partial charge in [0.05, 0.1) is 15.0 Å². The molecular formula is C16H18Cl2N6O2. The Morgan fingerprint density at radius 2 is 1.92 bits per heavy atom. The molecule has 8 nitrogen and oxygen atoms in total. The molecule has 0 amide bonds. The Labute approximate surface area is 160 Å². The topological polar surface area (TPSA) is 87.4 Å². The number of benzene rings is 1. The molecule has 26 heavy (non-hydrogen) atoms. The van der Waals surface area contributed by atoms with Crippen molar-refractivity contribution < 1.29 is 4.92 Å². The second-order valence-electron chi connectivity index (χ2n) is 5.83. The lowest BCUT2D eigenvalue weighted by atomic mass is 10.2. The van der Waals surface area contributed by atoms with Crippen molar-refractivity contribution in [1.82, 2.24) is 14.9 Å². The normalized spacial score (nSPS) is 15.1. The number of piperazine rings is 1. The Morgan fingerprint density at radius 3 is 2.54 bits per heavy atom. The van der Waals surface area contributed by atoms with Gasteiger partial charge in [-0.15, -0.1) is 0 Å². The highest BCUT2D eigenvalue weighted by Gasteiger charge is 2.29. The molecule has 0 atom stereocenters. The van der Waals surface area contributed by atoms with Crippen LogP contribution in [0, 0.1) is 10.1 Å². The maximum absolute atomic E-state index is 11.7. The minimum atomic E-state index is -0.457. The highest BCUT2D eigenvalue weighted by atomic mass is 35.5. The molecule has 1 fully saturated rings. The summed E-state index contributed by atoms with van der Waals surface area (Å²) in [5.41, 5.74) is 0.409. The zero-order chi connectivity index (χ0) is 18.7. The van der Waals surface area contributed by atoms with E-state index in [-0.39, 0.29) is 11.5 Å². The molecule has 1 saturated heterocycles. The molecule has 0 saturated carbocycles.